The number of benzene rings is 1. The summed E-state index contributed by atoms with van der Waals surface area (Å²) < 4.78 is 5.88. The number of carbonyl (C=O) groups is 1. The number of ether oxygens (including phenoxy) is 1. The molecule has 26 heavy (non-hydrogen) atoms. The number of nitrogens with zero attached hydrogens (tertiary/aromatic N) is 1. The molecule has 0 aliphatic carbocycles. The summed E-state index contributed by atoms with van der Waals surface area (Å²) >= 11 is 1.31. The van der Waals surface area contributed by atoms with E-state index >= 15 is 0 Å². The van der Waals surface area contributed by atoms with E-state index in [1.54, 1.807) is 0 Å². The van der Waals surface area contributed by atoms with Crippen molar-refractivity contribution in [1.82, 2.24) is 10.3 Å². The zero-order valence-electron chi connectivity index (χ0n) is 14.7. The Hall–Kier alpha value is -2.40. The Morgan fingerprint density at radius 3 is 3.12 bits per heavy atom. The number of amides is 1. The van der Waals surface area contributed by atoms with E-state index in [9.17, 15) is 9.90 Å². The summed E-state index contributed by atoms with van der Waals surface area (Å²) in [7, 11) is 1.83. The second kappa shape index (κ2) is 7.87. The first-order valence-electron chi connectivity index (χ1n) is 8.41. The summed E-state index contributed by atoms with van der Waals surface area (Å²) in [5.41, 5.74) is 7.68. The number of aromatic nitrogens is 1. The van der Waals surface area contributed by atoms with E-state index in [1.165, 1.54) is 11.3 Å². The SMILES string of the molecule is CNCCC(O)C#Cc1ccc2c(c1)-c1nc(C(N)=O)sc1C(C)CO2. The Labute approximate surface area is 156 Å². The van der Waals surface area contributed by atoms with Gasteiger partial charge in [-0.2, -0.15) is 0 Å². The van der Waals surface area contributed by atoms with Crippen LogP contribution in [0.4, 0.5) is 0 Å². The Morgan fingerprint density at radius 1 is 1.58 bits per heavy atom. The van der Waals surface area contributed by atoms with Gasteiger partial charge in [0.05, 0.1) is 12.3 Å². The van der Waals surface area contributed by atoms with Crippen LogP contribution in [-0.4, -0.2) is 42.3 Å². The minimum absolute atomic E-state index is 0.112. The Balaban J connectivity index is 1.98. The van der Waals surface area contributed by atoms with Gasteiger partial charge < -0.3 is 20.9 Å². The van der Waals surface area contributed by atoms with Crippen LogP contribution in [0.5, 0.6) is 5.75 Å². The van der Waals surface area contributed by atoms with Crippen LogP contribution in [0.3, 0.4) is 0 Å². The molecule has 1 amide bonds. The zero-order chi connectivity index (χ0) is 18.7. The molecule has 0 saturated carbocycles. The van der Waals surface area contributed by atoms with E-state index in [-0.39, 0.29) is 5.92 Å². The lowest BCUT2D eigenvalue weighted by Crippen LogP contribution is -2.15. The van der Waals surface area contributed by atoms with Crippen LogP contribution in [0.1, 0.15) is 39.5 Å². The second-order valence-electron chi connectivity index (χ2n) is 6.20. The van der Waals surface area contributed by atoms with Crippen molar-refractivity contribution in [2.45, 2.75) is 25.4 Å². The number of nitrogens with two attached hydrogens (primary N) is 1. The summed E-state index contributed by atoms with van der Waals surface area (Å²) in [5.74, 6) is 6.13. The Bertz CT molecular complexity index is 882. The maximum Gasteiger partial charge on any atom is 0.277 e. The number of aliphatic hydroxyl groups excluding tert-OH is 1. The van der Waals surface area contributed by atoms with Crippen molar-refractivity contribution in [1.29, 1.82) is 0 Å². The van der Waals surface area contributed by atoms with Crippen LogP contribution >= 0.6 is 11.3 Å². The van der Waals surface area contributed by atoms with Crippen LogP contribution in [0.15, 0.2) is 18.2 Å². The molecule has 1 aromatic carbocycles. The maximum atomic E-state index is 11.5. The minimum atomic E-state index is -0.686. The number of rotatable bonds is 4. The van der Waals surface area contributed by atoms with Gasteiger partial charge in [0.15, 0.2) is 5.01 Å². The minimum Gasteiger partial charge on any atom is -0.492 e. The van der Waals surface area contributed by atoms with Gasteiger partial charge in [0, 0.05) is 21.9 Å². The van der Waals surface area contributed by atoms with E-state index in [0.29, 0.717) is 30.3 Å². The lowest BCUT2D eigenvalue weighted by Gasteiger charge is -2.08. The normalized spacial score (nSPS) is 16.3. The van der Waals surface area contributed by atoms with Crippen molar-refractivity contribution in [3.05, 3.63) is 33.6 Å². The predicted octanol–water partition coefficient (Wildman–Crippen LogP) is 1.73. The van der Waals surface area contributed by atoms with Crippen LogP contribution < -0.4 is 15.8 Å². The molecule has 3 rings (SSSR count). The molecule has 7 heteroatoms. The van der Waals surface area contributed by atoms with Crippen molar-refractivity contribution in [3.63, 3.8) is 0 Å². The van der Waals surface area contributed by atoms with Crippen LogP contribution in [0, 0.1) is 11.8 Å². The highest BCUT2D eigenvalue weighted by Gasteiger charge is 2.26. The number of hydrogen-bond acceptors (Lipinski definition) is 6. The van der Waals surface area contributed by atoms with Gasteiger partial charge in [-0.05, 0) is 38.2 Å². The number of primary amides is 1. The number of hydrogen-bond donors (Lipinski definition) is 3. The van der Waals surface area contributed by atoms with Gasteiger partial charge in [0.1, 0.15) is 11.9 Å². The quantitative estimate of drug-likeness (QED) is 0.711. The fourth-order valence-corrected chi connectivity index (χ4v) is 3.66. The average molecular weight is 371 g/mol. The predicted molar refractivity (Wildman–Crippen MR) is 101 cm³/mol. The molecule has 0 bridgehead atoms. The van der Waals surface area contributed by atoms with Crippen LogP contribution in [-0.2, 0) is 0 Å². The molecule has 0 saturated heterocycles. The first kappa shape index (κ1) is 18.4. The number of thiazole rings is 1. The van der Waals surface area contributed by atoms with Gasteiger partial charge in [-0.1, -0.05) is 18.8 Å². The molecule has 2 aromatic rings. The van der Waals surface area contributed by atoms with E-state index in [4.69, 9.17) is 10.5 Å². The summed E-state index contributed by atoms with van der Waals surface area (Å²) in [6.07, 6.45) is -0.123. The maximum absolute atomic E-state index is 11.5. The standard InChI is InChI=1S/C19H21N3O3S/c1-11-10-25-15-6-4-12(3-5-13(23)7-8-21-2)9-14(15)16-17(11)26-19(22-16)18(20)24/h4,6,9,11,13,21,23H,7-8,10H2,1-2H3,(H2,20,24). The first-order chi connectivity index (χ1) is 12.5. The lowest BCUT2D eigenvalue weighted by molar-refractivity contribution is 0.1000. The van der Waals surface area contributed by atoms with Gasteiger partial charge in [0.2, 0.25) is 0 Å². The average Bonchev–Trinajstić information content (AvgIpc) is 3.04. The van der Waals surface area contributed by atoms with Gasteiger partial charge in [-0.15, -0.1) is 11.3 Å². The molecule has 2 unspecified atom stereocenters. The molecular weight excluding hydrogens is 350 g/mol. The highest BCUT2D eigenvalue weighted by atomic mass is 32.1. The van der Waals surface area contributed by atoms with E-state index in [2.05, 4.69) is 22.1 Å². The number of carbonyl (C=O) groups excluding carboxylic acids is 1. The van der Waals surface area contributed by atoms with Crippen molar-refractivity contribution in [2.24, 2.45) is 5.73 Å². The fourth-order valence-electron chi connectivity index (χ4n) is 2.69. The van der Waals surface area contributed by atoms with Gasteiger partial charge >= 0.3 is 0 Å². The van der Waals surface area contributed by atoms with E-state index < -0.39 is 12.0 Å². The zero-order valence-corrected chi connectivity index (χ0v) is 15.5. The molecule has 1 aliphatic rings. The largest absolute Gasteiger partial charge is 0.492 e. The molecule has 1 aromatic heterocycles. The van der Waals surface area contributed by atoms with Gasteiger partial charge in [-0.3, -0.25) is 4.79 Å². The van der Waals surface area contributed by atoms with Crippen LogP contribution in [0.2, 0.25) is 0 Å². The monoisotopic (exact) mass is 371 g/mol. The fraction of sp³-hybridized carbons (Fsp3) is 0.368. The molecule has 1 aliphatic heterocycles. The molecule has 0 radical (unpaired) electrons. The molecule has 2 heterocycles. The van der Waals surface area contributed by atoms with Crippen molar-refractivity contribution in [2.75, 3.05) is 20.2 Å². The highest BCUT2D eigenvalue weighted by Crippen LogP contribution is 2.41. The summed E-state index contributed by atoms with van der Waals surface area (Å²) in [6.45, 7) is 3.24. The molecule has 0 fully saturated rings. The third-order valence-electron chi connectivity index (χ3n) is 4.09. The lowest BCUT2D eigenvalue weighted by atomic mass is 10.0. The van der Waals surface area contributed by atoms with Crippen molar-refractivity contribution < 1.29 is 14.6 Å². The second-order valence-corrected chi connectivity index (χ2v) is 7.23. The van der Waals surface area contributed by atoms with E-state index in [0.717, 1.165) is 21.7 Å². The third-order valence-corrected chi connectivity index (χ3v) is 5.39. The Kier molecular flexibility index (Phi) is 5.57. The number of aliphatic hydroxyl groups is 1. The number of fused-ring (bicyclic) bond motifs is 3. The smallest absolute Gasteiger partial charge is 0.277 e. The van der Waals surface area contributed by atoms with Crippen molar-refractivity contribution >= 4 is 17.2 Å². The summed E-state index contributed by atoms with van der Waals surface area (Å²) in [4.78, 5) is 17.0. The Morgan fingerprint density at radius 2 is 2.38 bits per heavy atom. The molecule has 2 atom stereocenters. The third kappa shape index (κ3) is 3.88. The van der Waals surface area contributed by atoms with Crippen molar-refractivity contribution in [3.8, 4) is 28.8 Å². The molecule has 0 spiro atoms. The topological polar surface area (TPSA) is 97.5 Å². The highest BCUT2D eigenvalue weighted by molar-refractivity contribution is 7.14. The summed E-state index contributed by atoms with van der Waals surface area (Å²) in [5, 5.41) is 13.2. The molecular formula is C19H21N3O3S. The van der Waals surface area contributed by atoms with Crippen LogP contribution in [0.25, 0.3) is 11.3 Å². The van der Waals surface area contributed by atoms with Gasteiger partial charge in [-0.25, -0.2) is 4.98 Å². The molecule has 6 nitrogen and oxygen atoms in total. The van der Waals surface area contributed by atoms with Gasteiger partial charge in [0.25, 0.3) is 5.91 Å². The summed E-state index contributed by atoms with van der Waals surface area (Å²) in [6, 6.07) is 5.59. The molecule has 4 N–H and O–H groups in total. The molecule has 136 valence electrons. The number of nitrogens with one attached hydrogen (secondary N) is 1. The van der Waals surface area contributed by atoms with E-state index in [1.807, 2.05) is 32.2 Å². The first-order valence-corrected chi connectivity index (χ1v) is 9.23.